The Bertz CT molecular complexity index is 307. The van der Waals surface area contributed by atoms with Crippen LogP contribution in [0, 0.1) is 0 Å². The van der Waals surface area contributed by atoms with Crippen LogP contribution in [0.3, 0.4) is 0 Å². The average molecular weight is 265 g/mol. The van der Waals surface area contributed by atoms with Gasteiger partial charge in [-0.2, -0.15) is 0 Å². The number of hydrogen-bond acceptors (Lipinski definition) is 2. The van der Waals surface area contributed by atoms with Crippen LogP contribution in [-0.2, 0) is 0 Å². The van der Waals surface area contributed by atoms with E-state index in [-0.39, 0.29) is 0 Å². The fourth-order valence-corrected chi connectivity index (χ4v) is 2.91. The molecule has 1 atom stereocenters. The van der Waals surface area contributed by atoms with E-state index in [1.165, 1.54) is 41.9 Å². The second-order valence-corrected chi connectivity index (χ2v) is 5.93. The zero-order chi connectivity index (χ0) is 13.2. The number of hydrogen-bond donors (Lipinski definition) is 1. The summed E-state index contributed by atoms with van der Waals surface area (Å²) in [6.07, 6.45) is 5.41. The number of benzene rings is 1. The first-order valence-corrected chi connectivity index (χ1v) is 8.22. The van der Waals surface area contributed by atoms with E-state index in [9.17, 15) is 0 Å². The standard InChI is InChI=1S/C16H27NS/c1-4-6-7-8-13-18-16-11-9-15(10-12-16)14(3)17-5-2/h9-12,14,17H,4-8,13H2,1-3H3. The molecule has 0 aromatic heterocycles. The molecule has 1 aromatic rings. The lowest BCUT2D eigenvalue weighted by atomic mass is 10.1. The summed E-state index contributed by atoms with van der Waals surface area (Å²) in [5, 5.41) is 3.44. The third-order valence-electron chi connectivity index (χ3n) is 3.16. The molecular formula is C16H27NS. The lowest BCUT2D eigenvalue weighted by Gasteiger charge is -2.13. The Morgan fingerprint density at radius 3 is 2.39 bits per heavy atom. The fourth-order valence-electron chi connectivity index (χ4n) is 2.00. The molecule has 1 nitrogen and oxygen atoms in total. The molecule has 0 aliphatic heterocycles. The highest BCUT2D eigenvalue weighted by Crippen LogP contribution is 2.22. The lowest BCUT2D eigenvalue weighted by Crippen LogP contribution is -2.17. The van der Waals surface area contributed by atoms with Crippen molar-refractivity contribution in [3.05, 3.63) is 29.8 Å². The molecule has 1 aromatic carbocycles. The van der Waals surface area contributed by atoms with Gasteiger partial charge < -0.3 is 5.32 Å². The summed E-state index contributed by atoms with van der Waals surface area (Å²) in [7, 11) is 0. The first kappa shape index (κ1) is 15.6. The first-order valence-electron chi connectivity index (χ1n) is 7.24. The minimum Gasteiger partial charge on any atom is -0.310 e. The Labute approximate surface area is 117 Å². The van der Waals surface area contributed by atoms with Gasteiger partial charge in [0.2, 0.25) is 0 Å². The number of rotatable bonds is 9. The zero-order valence-electron chi connectivity index (χ0n) is 12.0. The Balaban J connectivity index is 2.31. The molecule has 0 spiro atoms. The molecule has 1 rings (SSSR count). The molecule has 0 saturated carbocycles. The van der Waals surface area contributed by atoms with Crippen LogP contribution < -0.4 is 5.32 Å². The van der Waals surface area contributed by atoms with Crippen LogP contribution in [-0.4, -0.2) is 12.3 Å². The van der Waals surface area contributed by atoms with E-state index in [1.807, 2.05) is 11.8 Å². The second kappa shape index (κ2) is 9.46. The summed E-state index contributed by atoms with van der Waals surface area (Å²) in [4.78, 5) is 1.40. The van der Waals surface area contributed by atoms with Crippen molar-refractivity contribution in [3.63, 3.8) is 0 Å². The Kier molecular flexibility index (Phi) is 8.19. The smallest absolute Gasteiger partial charge is 0.0291 e. The van der Waals surface area contributed by atoms with E-state index in [1.54, 1.807) is 0 Å². The van der Waals surface area contributed by atoms with E-state index >= 15 is 0 Å². The minimum absolute atomic E-state index is 0.457. The quantitative estimate of drug-likeness (QED) is 0.496. The van der Waals surface area contributed by atoms with Crippen molar-refractivity contribution in [2.75, 3.05) is 12.3 Å². The number of thioether (sulfide) groups is 1. The predicted octanol–water partition coefficient (Wildman–Crippen LogP) is 5.03. The Hall–Kier alpha value is -0.470. The zero-order valence-corrected chi connectivity index (χ0v) is 12.9. The monoisotopic (exact) mass is 265 g/mol. The van der Waals surface area contributed by atoms with Crippen LogP contribution in [0.15, 0.2) is 29.2 Å². The summed E-state index contributed by atoms with van der Waals surface area (Å²) in [5.74, 6) is 1.25. The van der Waals surface area contributed by atoms with E-state index in [0.29, 0.717) is 6.04 Å². The molecule has 0 bridgehead atoms. The van der Waals surface area contributed by atoms with E-state index in [2.05, 4.69) is 50.4 Å². The first-order chi connectivity index (χ1) is 8.77. The van der Waals surface area contributed by atoms with Crippen LogP contribution in [0.1, 0.15) is 58.1 Å². The highest BCUT2D eigenvalue weighted by molar-refractivity contribution is 7.99. The largest absolute Gasteiger partial charge is 0.310 e. The lowest BCUT2D eigenvalue weighted by molar-refractivity contribution is 0.598. The molecule has 0 radical (unpaired) electrons. The third-order valence-corrected chi connectivity index (χ3v) is 4.26. The summed E-state index contributed by atoms with van der Waals surface area (Å²) in [6.45, 7) is 7.65. The molecule has 0 saturated heterocycles. The molecule has 102 valence electrons. The van der Waals surface area contributed by atoms with Crippen LogP contribution >= 0.6 is 11.8 Å². The molecule has 0 aliphatic rings. The highest BCUT2D eigenvalue weighted by Gasteiger charge is 2.03. The van der Waals surface area contributed by atoms with Gasteiger partial charge in [0.05, 0.1) is 0 Å². The SMILES string of the molecule is CCCCCCSc1ccc(C(C)NCC)cc1. The van der Waals surface area contributed by atoms with Gasteiger partial charge in [-0.3, -0.25) is 0 Å². The molecule has 0 heterocycles. The molecule has 1 unspecified atom stereocenters. The topological polar surface area (TPSA) is 12.0 Å². The van der Waals surface area contributed by atoms with Gasteiger partial charge in [0.15, 0.2) is 0 Å². The molecule has 0 aliphatic carbocycles. The third kappa shape index (κ3) is 5.92. The summed E-state index contributed by atoms with van der Waals surface area (Å²) in [6, 6.07) is 9.48. The average Bonchev–Trinajstić information content (AvgIpc) is 2.39. The van der Waals surface area contributed by atoms with Crippen molar-refractivity contribution in [2.24, 2.45) is 0 Å². The Morgan fingerprint density at radius 2 is 1.78 bits per heavy atom. The minimum atomic E-state index is 0.457. The maximum absolute atomic E-state index is 3.44. The van der Waals surface area contributed by atoms with Gasteiger partial charge in [0.25, 0.3) is 0 Å². The van der Waals surface area contributed by atoms with Crippen molar-refractivity contribution in [2.45, 2.75) is 57.4 Å². The predicted molar refractivity (Wildman–Crippen MR) is 83.4 cm³/mol. The van der Waals surface area contributed by atoms with Gasteiger partial charge in [-0.05, 0) is 43.3 Å². The van der Waals surface area contributed by atoms with E-state index in [4.69, 9.17) is 0 Å². The van der Waals surface area contributed by atoms with Crippen LogP contribution in [0.25, 0.3) is 0 Å². The maximum Gasteiger partial charge on any atom is 0.0291 e. The van der Waals surface area contributed by atoms with Crippen LogP contribution in [0.4, 0.5) is 0 Å². The molecule has 0 fully saturated rings. The molecule has 0 amide bonds. The van der Waals surface area contributed by atoms with Crippen molar-refractivity contribution >= 4 is 11.8 Å². The molecular weight excluding hydrogens is 238 g/mol. The number of unbranched alkanes of at least 4 members (excludes halogenated alkanes) is 3. The molecule has 1 N–H and O–H groups in total. The molecule has 2 heteroatoms. The van der Waals surface area contributed by atoms with Gasteiger partial charge in [0.1, 0.15) is 0 Å². The normalized spacial score (nSPS) is 12.6. The maximum atomic E-state index is 3.44. The van der Waals surface area contributed by atoms with Gasteiger partial charge in [0, 0.05) is 10.9 Å². The molecule has 18 heavy (non-hydrogen) atoms. The fraction of sp³-hybridized carbons (Fsp3) is 0.625. The van der Waals surface area contributed by atoms with Crippen molar-refractivity contribution in [1.29, 1.82) is 0 Å². The summed E-state index contributed by atoms with van der Waals surface area (Å²) >= 11 is 1.98. The van der Waals surface area contributed by atoms with Crippen LogP contribution in [0.2, 0.25) is 0 Å². The van der Waals surface area contributed by atoms with E-state index < -0.39 is 0 Å². The van der Waals surface area contributed by atoms with Gasteiger partial charge in [-0.25, -0.2) is 0 Å². The van der Waals surface area contributed by atoms with Crippen molar-refractivity contribution in [3.8, 4) is 0 Å². The van der Waals surface area contributed by atoms with Crippen molar-refractivity contribution in [1.82, 2.24) is 5.32 Å². The summed E-state index contributed by atoms with van der Waals surface area (Å²) in [5.41, 5.74) is 1.38. The Morgan fingerprint density at radius 1 is 1.06 bits per heavy atom. The highest BCUT2D eigenvalue weighted by atomic mass is 32.2. The van der Waals surface area contributed by atoms with E-state index in [0.717, 1.165) is 6.54 Å². The van der Waals surface area contributed by atoms with Crippen molar-refractivity contribution < 1.29 is 0 Å². The van der Waals surface area contributed by atoms with Gasteiger partial charge in [-0.15, -0.1) is 11.8 Å². The van der Waals surface area contributed by atoms with Crippen LogP contribution in [0.5, 0.6) is 0 Å². The van der Waals surface area contributed by atoms with Gasteiger partial charge >= 0.3 is 0 Å². The van der Waals surface area contributed by atoms with Gasteiger partial charge in [-0.1, -0.05) is 45.2 Å². The summed E-state index contributed by atoms with van der Waals surface area (Å²) < 4.78 is 0. The second-order valence-electron chi connectivity index (χ2n) is 4.76. The number of nitrogens with one attached hydrogen (secondary N) is 1.